The number of aliphatic hydroxyl groups is 1. The smallest absolute Gasteiger partial charge is 0.411 e. The first kappa shape index (κ1) is 46.6. The molecule has 344 valence electrons. The van der Waals surface area contributed by atoms with Crippen molar-refractivity contribution < 1.29 is 52.7 Å². The minimum atomic E-state index is -0.952. The van der Waals surface area contributed by atoms with Crippen LogP contribution >= 0.6 is 11.6 Å². The van der Waals surface area contributed by atoms with Crippen LogP contribution in [0.5, 0.6) is 11.5 Å². The number of alkyl halides is 1. The third-order valence-electron chi connectivity index (χ3n) is 12.0. The maximum atomic E-state index is 12.9. The second kappa shape index (κ2) is 16.9. The number of pyridine rings is 2. The molecule has 2 aromatic carbocycles. The average molecular weight is 903 g/mol. The van der Waals surface area contributed by atoms with E-state index in [1.165, 1.54) is 24.0 Å². The van der Waals surface area contributed by atoms with E-state index in [0.29, 0.717) is 29.2 Å². The van der Waals surface area contributed by atoms with Crippen LogP contribution in [0.15, 0.2) is 36.4 Å². The van der Waals surface area contributed by atoms with E-state index in [9.17, 15) is 24.3 Å². The maximum absolute atomic E-state index is 12.9. The van der Waals surface area contributed by atoms with Gasteiger partial charge in [0.25, 0.3) is 0 Å². The highest BCUT2D eigenvalue weighted by atomic mass is 35.5. The van der Waals surface area contributed by atoms with Gasteiger partial charge in [0.05, 0.1) is 61.2 Å². The number of likely N-dealkylation sites (tertiary alicyclic amines) is 2. The van der Waals surface area contributed by atoms with Crippen LogP contribution in [-0.2, 0) is 28.5 Å². The molecule has 15 nitrogen and oxygen atoms in total. The number of halogens is 1. The third kappa shape index (κ3) is 9.10. The number of aryl methyl sites for hydroxylation is 4. The fourth-order valence-electron chi connectivity index (χ4n) is 9.38. The number of esters is 2. The molecule has 0 radical (unpaired) electrons. The summed E-state index contributed by atoms with van der Waals surface area (Å²) in [6.07, 6.45) is -0.873. The average Bonchev–Trinajstić information content (AvgIpc) is 3.75. The van der Waals surface area contributed by atoms with Crippen LogP contribution in [0.4, 0.5) is 9.59 Å². The first-order chi connectivity index (χ1) is 29.9. The predicted molar refractivity (Wildman–Crippen MR) is 239 cm³/mol. The Morgan fingerprint density at radius 2 is 1.08 bits per heavy atom. The number of carbonyl (C=O) groups is 4. The topological polar surface area (TPSA) is 176 Å². The predicted octanol–water partition coefficient (Wildman–Crippen LogP) is 8.42. The van der Waals surface area contributed by atoms with Crippen molar-refractivity contribution in [2.75, 3.05) is 27.3 Å². The van der Waals surface area contributed by atoms with E-state index in [-0.39, 0.29) is 37.7 Å². The van der Waals surface area contributed by atoms with E-state index in [1.54, 1.807) is 41.5 Å². The summed E-state index contributed by atoms with van der Waals surface area (Å²) in [5, 5.41) is 12.7. The van der Waals surface area contributed by atoms with Crippen LogP contribution < -0.4 is 9.47 Å². The Morgan fingerprint density at radius 1 is 0.672 bits per heavy atom. The van der Waals surface area contributed by atoms with Crippen molar-refractivity contribution in [1.82, 2.24) is 19.8 Å². The number of carbonyl (C=O) groups excluding carboxylic acids is 4. The first-order valence-electron chi connectivity index (χ1n) is 21.5. The number of amides is 2. The van der Waals surface area contributed by atoms with Crippen LogP contribution in [0.1, 0.15) is 112 Å². The van der Waals surface area contributed by atoms with E-state index in [4.69, 9.17) is 45.0 Å². The minimum absolute atomic E-state index is 0.101. The molecule has 2 fully saturated rings. The maximum Gasteiger partial charge on any atom is 0.411 e. The fraction of sp³-hybridized carbons (Fsp3) is 0.542. The molecule has 8 rings (SSSR count). The summed E-state index contributed by atoms with van der Waals surface area (Å²) in [7, 11) is 2.60. The number of rotatable bonds is 2. The number of nitrogens with zero attached hydrogens (tertiary/aromatic N) is 4. The van der Waals surface area contributed by atoms with Crippen molar-refractivity contribution in [3.63, 3.8) is 0 Å². The number of ether oxygens (including phenoxy) is 6. The summed E-state index contributed by atoms with van der Waals surface area (Å²) < 4.78 is 34.0. The van der Waals surface area contributed by atoms with Crippen molar-refractivity contribution in [3.8, 4) is 11.5 Å². The molecule has 0 aliphatic carbocycles. The lowest BCUT2D eigenvalue weighted by molar-refractivity contribution is -0.146. The van der Waals surface area contributed by atoms with Gasteiger partial charge in [-0.2, -0.15) is 0 Å². The lowest BCUT2D eigenvalue weighted by Gasteiger charge is -2.39. The van der Waals surface area contributed by atoms with Crippen molar-refractivity contribution in [2.45, 2.75) is 141 Å². The molecule has 2 saturated heterocycles. The van der Waals surface area contributed by atoms with E-state index in [1.807, 2.05) is 58.0 Å². The Labute approximate surface area is 378 Å². The number of methoxy groups -OCH3 is 2. The monoisotopic (exact) mass is 902 g/mol. The molecule has 2 amide bonds. The largest absolute Gasteiger partial charge is 0.483 e. The second-order valence-electron chi connectivity index (χ2n) is 19.6. The number of hydrogen-bond donors (Lipinski definition) is 1. The minimum Gasteiger partial charge on any atom is -0.483 e. The molecule has 4 aliphatic heterocycles. The van der Waals surface area contributed by atoms with Gasteiger partial charge in [-0.25, -0.2) is 29.1 Å². The highest BCUT2D eigenvalue weighted by molar-refractivity contribution is 6.22. The normalized spacial score (nSPS) is 24.9. The number of aliphatic hydroxyl groups excluding tert-OH is 1. The number of fused-ring (bicyclic) bond motifs is 6. The molecular formula is C48H59ClN4O11. The Balaban J connectivity index is 0.000000191. The lowest BCUT2D eigenvalue weighted by atomic mass is 9.85. The number of benzene rings is 2. The van der Waals surface area contributed by atoms with E-state index >= 15 is 0 Å². The van der Waals surface area contributed by atoms with Crippen LogP contribution in [0.25, 0.3) is 21.8 Å². The van der Waals surface area contributed by atoms with Gasteiger partial charge in [0.15, 0.2) is 0 Å². The molecule has 64 heavy (non-hydrogen) atoms. The molecule has 2 spiro atoms. The molecular weight excluding hydrogens is 844 g/mol. The molecule has 1 N–H and O–H groups in total. The number of hydrogen-bond acceptors (Lipinski definition) is 13. The highest BCUT2D eigenvalue weighted by Crippen LogP contribution is 2.52. The molecule has 4 aliphatic rings. The van der Waals surface area contributed by atoms with Crippen LogP contribution in [0, 0.1) is 27.7 Å². The fourth-order valence-corrected chi connectivity index (χ4v) is 9.88. The van der Waals surface area contributed by atoms with Gasteiger partial charge in [0.2, 0.25) is 0 Å². The molecule has 4 aromatic rings. The van der Waals surface area contributed by atoms with Crippen molar-refractivity contribution >= 4 is 57.5 Å². The second-order valence-corrected chi connectivity index (χ2v) is 20.1. The van der Waals surface area contributed by atoms with Gasteiger partial charge in [-0.3, -0.25) is 9.80 Å². The standard InChI is InChI=1S/C24H29ClN2O5.C24H30N2O6/c1-13-7-8-17-15(9-13)19-16(25)10-24(31-20(19)14(2)26-17)11-18(21(28)30-6)27(12-24)22(29)32-23(3,4)5;1-13-7-8-16-15(9-13)19-18(27)11-24(31-20(19)14(2)25-16)10-17(21(28)30-6)26(12-24)22(29)32-23(3,4)5/h7-9,16,18H,10-12H2,1-6H3;7-9,17-18,27H,10-12H2,1-6H3/t16?,18-,24+;17-,18?,24-/m00/s1. The van der Waals surface area contributed by atoms with Crippen molar-refractivity contribution in [2.24, 2.45) is 0 Å². The zero-order valence-corrected chi connectivity index (χ0v) is 39.5. The third-order valence-corrected chi connectivity index (χ3v) is 12.4. The van der Waals surface area contributed by atoms with Gasteiger partial charge in [-0.1, -0.05) is 23.3 Å². The zero-order chi connectivity index (χ0) is 46.8. The Bertz CT molecular complexity index is 2360. The van der Waals surface area contributed by atoms with Gasteiger partial charge >= 0.3 is 24.1 Å². The van der Waals surface area contributed by atoms with Gasteiger partial charge in [0, 0.05) is 47.6 Å². The zero-order valence-electron chi connectivity index (χ0n) is 38.7. The summed E-state index contributed by atoms with van der Waals surface area (Å²) in [5.74, 6) is 0.0957. The lowest BCUT2D eigenvalue weighted by Crippen LogP contribution is -2.46. The Hall–Kier alpha value is -5.41. The van der Waals surface area contributed by atoms with Gasteiger partial charge < -0.3 is 33.5 Å². The highest BCUT2D eigenvalue weighted by Gasteiger charge is 2.57. The molecule has 6 atom stereocenters. The molecule has 6 heterocycles. The van der Waals surface area contributed by atoms with Crippen molar-refractivity contribution in [3.05, 3.63) is 70.0 Å². The van der Waals surface area contributed by atoms with Gasteiger partial charge in [-0.15, -0.1) is 11.6 Å². The van der Waals surface area contributed by atoms with E-state index in [0.717, 1.165) is 44.2 Å². The Kier molecular flexibility index (Phi) is 12.3. The summed E-state index contributed by atoms with van der Waals surface area (Å²) in [6.45, 7) is 18.7. The SMILES string of the molecule is COC(=O)[C@@H]1C[C@]2(CC(Cl)c3c(c(C)nc4ccc(C)cc34)O2)CN1C(=O)OC(C)(C)C.COC(=O)[C@@H]1C[C@]2(CC(O)c3c(c(C)nc4ccc(C)cc34)O2)CN1C(=O)OC(C)(C)C. The van der Waals surface area contributed by atoms with E-state index < -0.39 is 64.7 Å². The quantitative estimate of drug-likeness (QED) is 0.115. The summed E-state index contributed by atoms with van der Waals surface area (Å²) in [4.78, 5) is 63.0. The van der Waals surface area contributed by atoms with Crippen LogP contribution in [0.3, 0.4) is 0 Å². The summed E-state index contributed by atoms with van der Waals surface area (Å²) in [6, 6.07) is 10.3. The molecule has 16 heteroatoms. The first-order valence-corrected chi connectivity index (χ1v) is 22.0. The molecule has 0 bridgehead atoms. The molecule has 2 unspecified atom stereocenters. The van der Waals surface area contributed by atoms with Gasteiger partial charge in [0.1, 0.15) is 46.0 Å². The number of aromatic nitrogens is 2. The van der Waals surface area contributed by atoms with Crippen LogP contribution in [-0.4, -0.2) is 111 Å². The Morgan fingerprint density at radius 3 is 1.50 bits per heavy atom. The van der Waals surface area contributed by atoms with Crippen LogP contribution in [0.2, 0.25) is 0 Å². The van der Waals surface area contributed by atoms with Gasteiger partial charge in [-0.05, 0) is 93.5 Å². The van der Waals surface area contributed by atoms with E-state index in [2.05, 4.69) is 11.1 Å². The summed E-state index contributed by atoms with van der Waals surface area (Å²) in [5.41, 5.74) is 3.62. The summed E-state index contributed by atoms with van der Waals surface area (Å²) >= 11 is 6.96. The molecule has 2 aromatic heterocycles. The molecule has 0 saturated carbocycles. The van der Waals surface area contributed by atoms with Crippen molar-refractivity contribution in [1.29, 1.82) is 0 Å².